The standard InChI is InChI=1S/C29H42O7.C28H40O7/c1-2-3-4-7-22(36-29(33)19-11-13-34-14-12-19)9-10-23-24-15-20-6-5-8-27(35-18-28(31)32)25(20)16-21(24)17-26(23)30;1-2-3-4-7-21(35-28(32)19-11-12-33-16-19)9-10-22-23-13-18-6-5-8-26(34-17-27(30)31)24(18)14-20(23)15-25(22)29/h5-6,8,19,21-24,26,30H,2-4,7,9-18H2,1H3,(H,31,32);5-6,8,19-23,25,29H,2-4,7,9-17H2,1H3,(H,30,31)/t21-,22-,23+,24-,26+;19?,20-,21-,22+,23-,25+/m00/s1. The highest BCUT2D eigenvalue weighted by molar-refractivity contribution is 5.73. The lowest BCUT2D eigenvalue weighted by molar-refractivity contribution is -0.158. The number of benzene rings is 2. The summed E-state index contributed by atoms with van der Waals surface area (Å²) in [5, 5.41) is 40.0. The van der Waals surface area contributed by atoms with Crippen LogP contribution in [0, 0.1) is 47.3 Å². The fraction of sp³-hybridized carbons (Fsp3) is 0.719. The van der Waals surface area contributed by atoms with Crippen LogP contribution in [0.2, 0.25) is 0 Å². The minimum Gasteiger partial charge on any atom is -0.482 e. The van der Waals surface area contributed by atoms with Crippen molar-refractivity contribution < 1.29 is 68.0 Å². The van der Waals surface area contributed by atoms with E-state index < -0.39 is 11.9 Å². The van der Waals surface area contributed by atoms with Gasteiger partial charge in [0.25, 0.3) is 0 Å². The Kier molecular flexibility index (Phi) is 20.9. The molecule has 394 valence electrons. The highest BCUT2D eigenvalue weighted by Crippen LogP contribution is 2.50. The van der Waals surface area contributed by atoms with E-state index in [1.54, 1.807) is 0 Å². The minimum absolute atomic E-state index is 0.0544. The maximum Gasteiger partial charge on any atom is 0.341 e. The van der Waals surface area contributed by atoms with Crippen molar-refractivity contribution in [2.45, 2.75) is 173 Å². The Morgan fingerprint density at radius 3 is 1.48 bits per heavy atom. The van der Waals surface area contributed by atoms with Gasteiger partial charge in [0, 0.05) is 19.8 Å². The maximum absolute atomic E-state index is 12.8. The van der Waals surface area contributed by atoms with Crippen molar-refractivity contribution in [3.05, 3.63) is 58.7 Å². The lowest BCUT2D eigenvalue weighted by atomic mass is 9.73. The summed E-state index contributed by atoms with van der Waals surface area (Å²) < 4.78 is 33.9. The number of aliphatic hydroxyl groups excluding tert-OH is 2. The fourth-order valence-corrected chi connectivity index (χ4v) is 12.9. The summed E-state index contributed by atoms with van der Waals surface area (Å²) in [6.07, 6.45) is 17.8. The molecule has 14 heteroatoms. The van der Waals surface area contributed by atoms with E-state index in [2.05, 4.69) is 26.0 Å². The first-order chi connectivity index (χ1) is 34.4. The molecule has 4 fully saturated rings. The van der Waals surface area contributed by atoms with Crippen LogP contribution >= 0.6 is 0 Å². The number of unbranched alkanes of at least 4 members (excludes halogenated alkanes) is 4. The van der Waals surface area contributed by atoms with Gasteiger partial charge in [0.1, 0.15) is 23.7 Å². The van der Waals surface area contributed by atoms with E-state index >= 15 is 0 Å². The van der Waals surface area contributed by atoms with E-state index in [-0.39, 0.29) is 73.2 Å². The van der Waals surface area contributed by atoms with Gasteiger partial charge in [-0.1, -0.05) is 63.8 Å². The first-order valence-corrected chi connectivity index (χ1v) is 27.2. The molecule has 2 aromatic carbocycles. The van der Waals surface area contributed by atoms with E-state index in [1.807, 2.05) is 24.3 Å². The summed E-state index contributed by atoms with van der Waals surface area (Å²) in [5.74, 6) is 0.768. The molecule has 0 spiro atoms. The number of esters is 2. The maximum atomic E-state index is 12.8. The molecule has 6 aliphatic rings. The van der Waals surface area contributed by atoms with Gasteiger partial charge in [-0.3, -0.25) is 9.59 Å². The predicted molar refractivity (Wildman–Crippen MR) is 265 cm³/mol. The van der Waals surface area contributed by atoms with Gasteiger partial charge < -0.3 is 48.8 Å². The van der Waals surface area contributed by atoms with Crippen molar-refractivity contribution in [1.29, 1.82) is 0 Å². The third-order valence-corrected chi connectivity index (χ3v) is 16.7. The molecule has 2 saturated heterocycles. The summed E-state index contributed by atoms with van der Waals surface area (Å²) in [5.41, 5.74) is 4.58. The van der Waals surface area contributed by atoms with Crippen molar-refractivity contribution in [2.24, 2.45) is 47.3 Å². The molecule has 0 bridgehead atoms. The third-order valence-electron chi connectivity index (χ3n) is 16.7. The Bertz CT molecular complexity index is 2030. The summed E-state index contributed by atoms with van der Waals surface area (Å²) >= 11 is 0. The molecular weight excluding hydrogens is 909 g/mol. The zero-order chi connectivity index (χ0) is 50.3. The molecule has 4 aliphatic carbocycles. The van der Waals surface area contributed by atoms with Gasteiger partial charge in [0.15, 0.2) is 13.2 Å². The van der Waals surface area contributed by atoms with Crippen LogP contribution < -0.4 is 9.47 Å². The van der Waals surface area contributed by atoms with Gasteiger partial charge in [-0.2, -0.15) is 0 Å². The van der Waals surface area contributed by atoms with E-state index in [9.17, 15) is 29.4 Å². The lowest BCUT2D eigenvalue weighted by Gasteiger charge is -2.33. The van der Waals surface area contributed by atoms with E-state index in [0.717, 1.165) is 146 Å². The molecule has 2 aliphatic heterocycles. The highest BCUT2D eigenvalue weighted by atomic mass is 16.6. The summed E-state index contributed by atoms with van der Waals surface area (Å²) in [6.45, 7) is 6.00. The number of rotatable bonds is 24. The molecule has 2 saturated carbocycles. The Labute approximate surface area is 420 Å². The van der Waals surface area contributed by atoms with Gasteiger partial charge in [-0.05, 0) is 179 Å². The number of ether oxygens (including phenoxy) is 6. The van der Waals surface area contributed by atoms with Crippen molar-refractivity contribution in [2.75, 3.05) is 39.6 Å². The second-order valence-corrected chi connectivity index (χ2v) is 21.5. The molecule has 0 radical (unpaired) electrons. The molecule has 14 nitrogen and oxygen atoms in total. The summed E-state index contributed by atoms with van der Waals surface area (Å²) in [6, 6.07) is 11.7. The number of aliphatic carboxylic acids is 2. The summed E-state index contributed by atoms with van der Waals surface area (Å²) in [7, 11) is 0. The van der Waals surface area contributed by atoms with Gasteiger partial charge in [-0.25, -0.2) is 9.59 Å². The van der Waals surface area contributed by atoms with Gasteiger partial charge in [-0.15, -0.1) is 0 Å². The lowest BCUT2D eigenvalue weighted by Crippen LogP contribution is -2.31. The molecule has 71 heavy (non-hydrogen) atoms. The summed E-state index contributed by atoms with van der Waals surface area (Å²) in [4.78, 5) is 47.4. The van der Waals surface area contributed by atoms with Crippen LogP contribution in [0.1, 0.15) is 145 Å². The quantitative estimate of drug-likeness (QED) is 0.0574. The molecule has 2 heterocycles. The Hall–Kier alpha value is -4.24. The number of hydrogen-bond donors (Lipinski definition) is 4. The van der Waals surface area contributed by atoms with Crippen LogP contribution in [0.4, 0.5) is 0 Å². The van der Waals surface area contributed by atoms with Crippen molar-refractivity contribution in [3.8, 4) is 11.5 Å². The zero-order valence-electron chi connectivity index (χ0n) is 42.4. The van der Waals surface area contributed by atoms with E-state index in [0.29, 0.717) is 61.6 Å². The van der Waals surface area contributed by atoms with E-state index in [1.165, 1.54) is 11.1 Å². The minimum atomic E-state index is -0.984. The third kappa shape index (κ3) is 15.2. The Morgan fingerprint density at radius 1 is 0.592 bits per heavy atom. The van der Waals surface area contributed by atoms with Crippen molar-refractivity contribution in [3.63, 3.8) is 0 Å². The second kappa shape index (κ2) is 27.2. The van der Waals surface area contributed by atoms with Crippen LogP contribution in [0.3, 0.4) is 0 Å². The SMILES string of the molecule is CCCCC[C@@H](CC[C@@H]1[C@H]2Cc3cccc(OCC(=O)O)c3C[C@H]2C[C@H]1O)OC(=O)C1CCOC1.CCCCC[C@@H](CC[C@@H]1[C@H]2Cc3cccc(OCC(=O)O)c3C[C@H]2C[C@H]1O)OC(=O)C1CCOCC1. The molecule has 0 amide bonds. The topological polar surface area (TPSA) is 205 Å². The molecule has 8 rings (SSSR count). The number of aliphatic hydroxyl groups is 2. The monoisotopic (exact) mass is 991 g/mol. The Balaban J connectivity index is 0.000000209. The fourth-order valence-electron chi connectivity index (χ4n) is 12.9. The number of carbonyl (C=O) groups excluding carboxylic acids is 2. The average molecular weight is 991 g/mol. The van der Waals surface area contributed by atoms with Gasteiger partial charge in [0.05, 0.1) is 30.7 Å². The van der Waals surface area contributed by atoms with Crippen LogP contribution in [0.25, 0.3) is 0 Å². The number of hydrogen-bond acceptors (Lipinski definition) is 12. The first-order valence-electron chi connectivity index (χ1n) is 27.2. The molecule has 0 aromatic heterocycles. The molecule has 1 unspecified atom stereocenters. The van der Waals surface area contributed by atoms with Crippen molar-refractivity contribution in [1.82, 2.24) is 0 Å². The normalized spacial score (nSPS) is 27.4. The highest BCUT2D eigenvalue weighted by Gasteiger charge is 2.47. The molecule has 11 atom stereocenters. The molecule has 2 aromatic rings. The van der Waals surface area contributed by atoms with Gasteiger partial charge in [0.2, 0.25) is 0 Å². The van der Waals surface area contributed by atoms with E-state index in [4.69, 9.17) is 38.6 Å². The predicted octanol–water partition coefficient (Wildman–Crippen LogP) is 8.73. The zero-order valence-corrected chi connectivity index (χ0v) is 42.4. The molecule has 4 N–H and O–H groups in total. The molecular formula is C57H82O14. The number of carboxylic acid groups (broad SMARTS) is 2. The largest absolute Gasteiger partial charge is 0.482 e. The Morgan fingerprint density at radius 2 is 1.04 bits per heavy atom. The van der Waals surface area contributed by atoms with Crippen LogP contribution in [0.15, 0.2) is 36.4 Å². The van der Waals surface area contributed by atoms with Gasteiger partial charge >= 0.3 is 23.9 Å². The van der Waals surface area contributed by atoms with Crippen LogP contribution in [0.5, 0.6) is 11.5 Å². The smallest absolute Gasteiger partial charge is 0.341 e. The average Bonchev–Trinajstić information content (AvgIpc) is 4.09. The second-order valence-electron chi connectivity index (χ2n) is 21.5. The van der Waals surface area contributed by atoms with Crippen molar-refractivity contribution >= 4 is 23.9 Å². The number of carbonyl (C=O) groups is 4. The van der Waals surface area contributed by atoms with Crippen LogP contribution in [-0.4, -0.2) is 108 Å². The first kappa shape index (κ1) is 54.5. The van der Waals surface area contributed by atoms with Crippen LogP contribution in [-0.2, 0) is 63.8 Å². The number of carboxylic acids is 2. The number of fused-ring (bicyclic) bond motifs is 4.